The fourth-order valence-electron chi connectivity index (χ4n) is 3.99. The van der Waals surface area contributed by atoms with E-state index in [0.29, 0.717) is 23.8 Å². The van der Waals surface area contributed by atoms with Crippen molar-refractivity contribution in [3.05, 3.63) is 65.9 Å². The Morgan fingerprint density at radius 1 is 1.12 bits per heavy atom. The first-order valence-corrected chi connectivity index (χ1v) is 15.5. The number of rotatable bonds is 9. The average Bonchev–Trinajstić information content (AvgIpc) is 3.23. The third-order valence-corrected chi connectivity index (χ3v) is 7.72. The van der Waals surface area contributed by atoms with Gasteiger partial charge in [-0.05, 0) is 66.5 Å². The highest BCUT2D eigenvalue weighted by atomic mass is 28.3. The van der Waals surface area contributed by atoms with Crippen LogP contribution < -0.4 is 10.1 Å². The van der Waals surface area contributed by atoms with Gasteiger partial charge in [-0.2, -0.15) is 0 Å². The molecule has 0 atom stereocenters. The number of nitrogens with one attached hydrogen (secondary N) is 1. The van der Waals surface area contributed by atoms with Gasteiger partial charge in [0.25, 0.3) is 0 Å². The van der Waals surface area contributed by atoms with Crippen LogP contribution in [0.15, 0.2) is 54.7 Å². The molecule has 0 saturated heterocycles. The number of fused-ring (bicyclic) bond motifs is 1. The zero-order valence-corrected chi connectivity index (χ0v) is 21.5. The smallest absolute Gasteiger partial charge is 0.341 e. The Morgan fingerprint density at radius 2 is 1.97 bits per heavy atom. The van der Waals surface area contributed by atoms with Gasteiger partial charge in [-0.3, -0.25) is 0 Å². The molecule has 0 unspecified atom stereocenters. The Hall–Kier alpha value is -2.87. The third-order valence-electron chi connectivity index (χ3n) is 6.02. The predicted molar refractivity (Wildman–Crippen MR) is 139 cm³/mol. The summed E-state index contributed by atoms with van der Waals surface area (Å²) in [6, 6.07) is 14.8. The first kappa shape index (κ1) is 24.3. The van der Waals surface area contributed by atoms with Crippen molar-refractivity contribution in [2.24, 2.45) is 0 Å². The zero-order chi connectivity index (χ0) is 24.1. The van der Waals surface area contributed by atoms with E-state index in [-0.39, 0.29) is 0 Å². The van der Waals surface area contributed by atoms with Gasteiger partial charge in [0.05, 0.1) is 12.6 Å². The molecule has 1 aliphatic heterocycles. The average molecular weight is 479 g/mol. The Bertz CT molecular complexity index is 1190. The number of benzene rings is 2. The van der Waals surface area contributed by atoms with Crippen LogP contribution in [0.5, 0.6) is 11.5 Å². The Kier molecular flexibility index (Phi) is 7.56. The maximum absolute atomic E-state index is 12.4. The number of carbonyl (C=O) groups excluding carboxylic acids is 1. The van der Waals surface area contributed by atoms with Gasteiger partial charge in [0.15, 0.2) is 0 Å². The topological polar surface area (TPSA) is 61.7 Å². The van der Waals surface area contributed by atoms with Crippen molar-refractivity contribution in [1.29, 1.82) is 0 Å². The largest absolute Gasteiger partial charge is 0.465 e. The van der Waals surface area contributed by atoms with E-state index in [1.165, 1.54) is 12.7 Å². The van der Waals surface area contributed by atoms with Crippen LogP contribution in [0.3, 0.4) is 0 Å². The SMILES string of the molecule is COC(=O)c1ccc(C2=CCNCC2)cc1Oc1ccc2c(ccn2COCC[Si](C)(C)C)c1. The molecule has 180 valence electrons. The summed E-state index contributed by atoms with van der Waals surface area (Å²) in [5, 5.41) is 4.39. The molecule has 2 heterocycles. The lowest BCUT2D eigenvalue weighted by molar-refractivity contribution is 0.0598. The fraction of sp³-hybridized carbons (Fsp3) is 0.370. The van der Waals surface area contributed by atoms with E-state index in [4.69, 9.17) is 14.2 Å². The molecule has 6 nitrogen and oxygen atoms in total. The minimum atomic E-state index is -1.10. The zero-order valence-electron chi connectivity index (χ0n) is 20.5. The van der Waals surface area contributed by atoms with Gasteiger partial charge < -0.3 is 24.1 Å². The molecule has 0 aliphatic carbocycles. The second-order valence-corrected chi connectivity index (χ2v) is 15.5. The molecular formula is C27H34N2O4Si. The second-order valence-electron chi connectivity index (χ2n) is 9.84. The highest BCUT2D eigenvalue weighted by Crippen LogP contribution is 2.32. The van der Waals surface area contributed by atoms with Crippen LogP contribution in [-0.2, 0) is 16.2 Å². The summed E-state index contributed by atoms with van der Waals surface area (Å²) in [7, 11) is 0.286. The van der Waals surface area contributed by atoms with E-state index in [0.717, 1.165) is 48.6 Å². The van der Waals surface area contributed by atoms with Crippen molar-refractivity contribution >= 4 is 30.5 Å². The molecule has 0 spiro atoms. The second kappa shape index (κ2) is 10.6. The van der Waals surface area contributed by atoms with Gasteiger partial charge in [0.1, 0.15) is 23.8 Å². The van der Waals surface area contributed by atoms with Crippen molar-refractivity contribution < 1.29 is 19.0 Å². The molecule has 3 aromatic rings. The van der Waals surface area contributed by atoms with Gasteiger partial charge in [-0.15, -0.1) is 0 Å². The van der Waals surface area contributed by atoms with Crippen LogP contribution in [-0.4, -0.2) is 45.4 Å². The number of aromatic nitrogens is 1. The summed E-state index contributed by atoms with van der Waals surface area (Å²) in [5.74, 6) is 0.757. The van der Waals surface area contributed by atoms with Crippen molar-refractivity contribution in [3.8, 4) is 11.5 Å². The van der Waals surface area contributed by atoms with Crippen LogP contribution in [0.4, 0.5) is 0 Å². The number of nitrogens with zero attached hydrogens (tertiary/aromatic N) is 1. The van der Waals surface area contributed by atoms with Crippen LogP contribution in [0.25, 0.3) is 16.5 Å². The number of carbonyl (C=O) groups is 1. The lowest BCUT2D eigenvalue weighted by Gasteiger charge is -2.17. The van der Waals surface area contributed by atoms with E-state index in [9.17, 15) is 4.79 Å². The molecule has 1 aromatic heterocycles. The summed E-state index contributed by atoms with van der Waals surface area (Å²) in [6.45, 7) is 10.2. The van der Waals surface area contributed by atoms with Crippen LogP contribution in [0.1, 0.15) is 22.3 Å². The molecule has 0 bridgehead atoms. The summed E-state index contributed by atoms with van der Waals surface area (Å²) in [5.41, 5.74) is 3.81. The Balaban J connectivity index is 1.54. The fourth-order valence-corrected chi connectivity index (χ4v) is 4.75. The molecule has 4 rings (SSSR count). The van der Waals surface area contributed by atoms with Crippen LogP contribution in [0.2, 0.25) is 25.7 Å². The summed E-state index contributed by atoms with van der Waals surface area (Å²) in [6.07, 6.45) is 5.16. The first-order valence-electron chi connectivity index (χ1n) is 11.8. The molecule has 1 N–H and O–H groups in total. The van der Waals surface area contributed by atoms with E-state index in [2.05, 4.69) is 41.7 Å². The number of methoxy groups -OCH3 is 1. The van der Waals surface area contributed by atoms with E-state index in [1.54, 1.807) is 6.07 Å². The van der Waals surface area contributed by atoms with Crippen LogP contribution >= 0.6 is 0 Å². The Labute approximate surface area is 202 Å². The van der Waals surface area contributed by atoms with Crippen molar-refractivity contribution in [1.82, 2.24) is 9.88 Å². The van der Waals surface area contributed by atoms with Crippen LogP contribution in [0, 0.1) is 0 Å². The van der Waals surface area contributed by atoms with Gasteiger partial charge in [0, 0.05) is 32.8 Å². The summed E-state index contributed by atoms with van der Waals surface area (Å²) < 4.78 is 19.2. The third kappa shape index (κ3) is 5.97. The monoisotopic (exact) mass is 478 g/mol. The van der Waals surface area contributed by atoms with Gasteiger partial charge in [-0.25, -0.2) is 4.79 Å². The van der Waals surface area contributed by atoms with E-state index < -0.39 is 14.0 Å². The van der Waals surface area contributed by atoms with Gasteiger partial charge in [-0.1, -0.05) is 31.8 Å². The van der Waals surface area contributed by atoms with Crippen molar-refractivity contribution in [2.45, 2.75) is 38.8 Å². The maximum atomic E-state index is 12.4. The minimum Gasteiger partial charge on any atom is -0.465 e. The highest BCUT2D eigenvalue weighted by molar-refractivity contribution is 6.76. The minimum absolute atomic E-state index is 0.411. The summed E-state index contributed by atoms with van der Waals surface area (Å²) in [4.78, 5) is 12.4. The quantitative estimate of drug-likeness (QED) is 0.235. The molecule has 0 radical (unpaired) electrons. The molecule has 34 heavy (non-hydrogen) atoms. The summed E-state index contributed by atoms with van der Waals surface area (Å²) >= 11 is 0. The van der Waals surface area contributed by atoms with Crippen molar-refractivity contribution in [2.75, 3.05) is 26.8 Å². The molecule has 7 heteroatoms. The van der Waals surface area contributed by atoms with Gasteiger partial charge >= 0.3 is 5.97 Å². The molecule has 0 amide bonds. The number of hydrogen-bond donors (Lipinski definition) is 1. The lowest BCUT2D eigenvalue weighted by atomic mass is 9.98. The normalized spacial score (nSPS) is 14.2. The number of hydrogen-bond acceptors (Lipinski definition) is 5. The molecule has 1 aliphatic rings. The predicted octanol–water partition coefficient (Wildman–Crippen LogP) is 5.91. The first-order chi connectivity index (χ1) is 16.3. The highest BCUT2D eigenvalue weighted by Gasteiger charge is 2.17. The lowest BCUT2D eigenvalue weighted by Crippen LogP contribution is -2.21. The number of esters is 1. The van der Waals surface area contributed by atoms with E-state index >= 15 is 0 Å². The maximum Gasteiger partial charge on any atom is 0.341 e. The van der Waals surface area contributed by atoms with Gasteiger partial charge in [0.2, 0.25) is 0 Å². The number of ether oxygens (including phenoxy) is 3. The molecule has 2 aromatic carbocycles. The van der Waals surface area contributed by atoms with Crippen molar-refractivity contribution in [3.63, 3.8) is 0 Å². The molecule has 0 saturated carbocycles. The Morgan fingerprint density at radius 3 is 2.71 bits per heavy atom. The van der Waals surface area contributed by atoms with E-state index in [1.807, 2.05) is 36.5 Å². The molecular weight excluding hydrogens is 444 g/mol. The molecule has 0 fully saturated rings. The standard InChI is InChI=1S/C27H34N2O4Si/c1-31-27(30)24-7-5-21(20-9-12-28-13-10-20)18-26(24)33-23-6-8-25-22(17-23)11-14-29(25)19-32-15-16-34(2,3)4/h5-9,11,14,17-18,28H,10,12-13,15-16,19H2,1-4H3.